The van der Waals surface area contributed by atoms with E-state index in [4.69, 9.17) is 19.6 Å². The van der Waals surface area contributed by atoms with Crippen LogP contribution in [0.4, 0.5) is 0 Å². The van der Waals surface area contributed by atoms with E-state index in [0.29, 0.717) is 23.5 Å². The first-order valence-corrected chi connectivity index (χ1v) is 11.9. The molecule has 1 atom stereocenters. The van der Waals surface area contributed by atoms with Crippen LogP contribution in [-0.4, -0.2) is 61.0 Å². The molecule has 0 radical (unpaired) electrons. The lowest BCUT2D eigenvalue weighted by Crippen LogP contribution is -2.48. The Labute approximate surface area is 204 Å². The zero-order chi connectivity index (χ0) is 24.8. The van der Waals surface area contributed by atoms with Crippen LogP contribution < -0.4 is 16.1 Å². The monoisotopic (exact) mass is 480 g/mol. The first-order chi connectivity index (χ1) is 16.8. The van der Waals surface area contributed by atoms with E-state index in [1.807, 2.05) is 25.1 Å². The Morgan fingerprint density at radius 2 is 1.94 bits per heavy atom. The van der Waals surface area contributed by atoms with Crippen molar-refractivity contribution in [1.82, 2.24) is 4.90 Å². The van der Waals surface area contributed by atoms with E-state index in [9.17, 15) is 14.7 Å². The molecule has 186 valence electrons. The van der Waals surface area contributed by atoms with Gasteiger partial charge in [-0.1, -0.05) is 23.8 Å². The van der Waals surface area contributed by atoms with Crippen LogP contribution in [0.25, 0.3) is 11.0 Å². The van der Waals surface area contributed by atoms with E-state index in [2.05, 4.69) is 4.90 Å². The number of hydrogen-bond donors (Lipinski definition) is 2. The van der Waals surface area contributed by atoms with Crippen LogP contribution >= 0.6 is 0 Å². The number of fused-ring (bicyclic) bond motifs is 1. The van der Waals surface area contributed by atoms with E-state index < -0.39 is 17.1 Å². The summed E-state index contributed by atoms with van der Waals surface area (Å²) in [6.07, 6.45) is 0.574. The van der Waals surface area contributed by atoms with Crippen molar-refractivity contribution in [1.29, 1.82) is 0 Å². The number of ether oxygens (including phenoxy) is 2. The number of aryl methyl sites for hydroxylation is 1. The lowest BCUT2D eigenvalue weighted by Gasteiger charge is -2.26. The van der Waals surface area contributed by atoms with Crippen LogP contribution in [-0.2, 0) is 22.4 Å². The minimum Gasteiger partial charge on any atom is -0.494 e. The fourth-order valence-corrected chi connectivity index (χ4v) is 4.35. The minimum absolute atomic E-state index is 0.0569. The van der Waals surface area contributed by atoms with Gasteiger partial charge in [0.1, 0.15) is 11.3 Å². The number of rotatable bonds is 10. The molecule has 1 saturated heterocycles. The quantitative estimate of drug-likeness (QED) is 0.338. The van der Waals surface area contributed by atoms with Crippen molar-refractivity contribution >= 4 is 16.9 Å². The number of nitrogens with zero attached hydrogens (tertiary/aromatic N) is 1. The van der Waals surface area contributed by atoms with Gasteiger partial charge in [0.15, 0.2) is 5.60 Å². The molecule has 0 aliphatic carbocycles. The van der Waals surface area contributed by atoms with Gasteiger partial charge in [0.2, 0.25) is 5.91 Å². The Morgan fingerprint density at radius 3 is 2.71 bits per heavy atom. The average molecular weight is 481 g/mol. The number of benzene rings is 2. The highest BCUT2D eigenvalue weighted by Crippen LogP contribution is 2.23. The number of morpholine rings is 1. The van der Waals surface area contributed by atoms with Crippen molar-refractivity contribution in [3.8, 4) is 5.75 Å². The molecule has 1 unspecified atom stereocenters. The third-order valence-corrected chi connectivity index (χ3v) is 6.29. The fraction of sp³-hybridized carbons (Fsp3) is 0.407. The molecular formula is C27H32N2O6. The van der Waals surface area contributed by atoms with Gasteiger partial charge in [-0.05, 0) is 49.2 Å². The number of amides is 1. The predicted octanol–water partition coefficient (Wildman–Crippen LogP) is 2.20. The van der Waals surface area contributed by atoms with Gasteiger partial charge in [-0.2, -0.15) is 0 Å². The molecule has 3 aromatic rings. The van der Waals surface area contributed by atoms with Crippen molar-refractivity contribution in [2.45, 2.75) is 31.8 Å². The van der Waals surface area contributed by atoms with Gasteiger partial charge in [0.05, 0.1) is 19.8 Å². The maximum atomic E-state index is 12.5. The lowest BCUT2D eigenvalue weighted by atomic mass is 9.87. The molecule has 1 aliphatic rings. The maximum absolute atomic E-state index is 12.5. The highest BCUT2D eigenvalue weighted by Gasteiger charge is 2.35. The third kappa shape index (κ3) is 6.48. The second kappa shape index (κ2) is 11.0. The van der Waals surface area contributed by atoms with Gasteiger partial charge in [-0.25, -0.2) is 4.79 Å². The Kier molecular flexibility index (Phi) is 7.85. The highest BCUT2D eigenvalue weighted by molar-refractivity contribution is 5.84. The summed E-state index contributed by atoms with van der Waals surface area (Å²) in [6.45, 7) is 6.85. The van der Waals surface area contributed by atoms with Crippen LogP contribution in [0.5, 0.6) is 5.75 Å². The molecule has 2 aromatic carbocycles. The van der Waals surface area contributed by atoms with E-state index in [1.165, 1.54) is 0 Å². The summed E-state index contributed by atoms with van der Waals surface area (Å²) in [4.78, 5) is 27.2. The zero-order valence-corrected chi connectivity index (χ0v) is 20.0. The van der Waals surface area contributed by atoms with Crippen molar-refractivity contribution in [3.05, 3.63) is 75.6 Å². The van der Waals surface area contributed by atoms with Gasteiger partial charge >= 0.3 is 5.63 Å². The van der Waals surface area contributed by atoms with Crippen LogP contribution in [0.1, 0.15) is 23.1 Å². The fourth-order valence-electron chi connectivity index (χ4n) is 4.35. The first-order valence-electron chi connectivity index (χ1n) is 11.9. The Bertz CT molecular complexity index is 1230. The number of carbonyl (C=O) groups excluding carboxylic acids is 1. The molecule has 3 N–H and O–H groups in total. The SMILES string of the molecule is Cc1ccc2oc(=O)c(CC(O)(Cc3cccc(OCCCN4CCOCC4)c3)C(N)=O)cc2c1. The molecule has 0 bridgehead atoms. The molecule has 1 aromatic heterocycles. The minimum atomic E-state index is -1.96. The topological polar surface area (TPSA) is 115 Å². The average Bonchev–Trinajstić information content (AvgIpc) is 2.83. The molecular weight excluding hydrogens is 448 g/mol. The first kappa shape index (κ1) is 24.9. The van der Waals surface area contributed by atoms with Crippen LogP contribution in [0.15, 0.2) is 57.7 Å². The summed E-state index contributed by atoms with van der Waals surface area (Å²) in [5.41, 5.74) is 5.36. The number of carbonyl (C=O) groups is 1. The summed E-state index contributed by atoms with van der Waals surface area (Å²) in [5, 5.41) is 11.9. The Balaban J connectivity index is 1.43. The molecule has 2 heterocycles. The number of primary amides is 1. The van der Waals surface area contributed by atoms with E-state index in [0.717, 1.165) is 50.2 Å². The second-order valence-corrected chi connectivity index (χ2v) is 9.15. The molecule has 0 saturated carbocycles. The van der Waals surface area contributed by atoms with Crippen molar-refractivity contribution in [3.63, 3.8) is 0 Å². The summed E-state index contributed by atoms with van der Waals surface area (Å²) in [7, 11) is 0. The second-order valence-electron chi connectivity index (χ2n) is 9.15. The van der Waals surface area contributed by atoms with Crippen LogP contribution in [0.3, 0.4) is 0 Å². The third-order valence-electron chi connectivity index (χ3n) is 6.29. The molecule has 4 rings (SSSR count). The van der Waals surface area contributed by atoms with Crippen molar-refractivity contribution in [2.75, 3.05) is 39.5 Å². The molecule has 1 aliphatic heterocycles. The maximum Gasteiger partial charge on any atom is 0.339 e. The number of aliphatic hydroxyl groups is 1. The van der Waals surface area contributed by atoms with E-state index in [-0.39, 0.29) is 18.4 Å². The molecule has 35 heavy (non-hydrogen) atoms. The highest BCUT2D eigenvalue weighted by atomic mass is 16.5. The molecule has 0 spiro atoms. The lowest BCUT2D eigenvalue weighted by molar-refractivity contribution is -0.136. The van der Waals surface area contributed by atoms with Crippen molar-refractivity contribution < 1.29 is 23.8 Å². The van der Waals surface area contributed by atoms with E-state index >= 15 is 0 Å². The number of hydrogen-bond acceptors (Lipinski definition) is 7. The van der Waals surface area contributed by atoms with Gasteiger partial charge in [0.25, 0.3) is 0 Å². The Morgan fingerprint density at radius 1 is 1.14 bits per heavy atom. The largest absolute Gasteiger partial charge is 0.494 e. The van der Waals surface area contributed by atoms with Gasteiger partial charge < -0.3 is 24.7 Å². The summed E-state index contributed by atoms with van der Waals surface area (Å²) in [6, 6.07) is 14.3. The van der Waals surface area contributed by atoms with Gasteiger partial charge in [-0.3, -0.25) is 9.69 Å². The van der Waals surface area contributed by atoms with Crippen molar-refractivity contribution in [2.24, 2.45) is 5.73 Å². The summed E-state index contributed by atoms with van der Waals surface area (Å²) < 4.78 is 16.6. The molecule has 1 amide bonds. The normalized spacial score (nSPS) is 16.2. The predicted molar refractivity (Wildman–Crippen MR) is 133 cm³/mol. The summed E-state index contributed by atoms with van der Waals surface area (Å²) in [5.74, 6) is -0.255. The zero-order valence-electron chi connectivity index (χ0n) is 20.0. The molecule has 8 heteroatoms. The van der Waals surface area contributed by atoms with Crippen LogP contribution in [0.2, 0.25) is 0 Å². The molecule has 1 fully saturated rings. The number of nitrogens with two attached hydrogens (primary N) is 1. The smallest absolute Gasteiger partial charge is 0.339 e. The standard InChI is InChI=1S/C27H32N2O6/c1-19-6-7-24-21(14-19)16-22(25(30)35-24)18-27(32,26(28)31)17-20-4-2-5-23(15-20)34-11-3-8-29-9-12-33-13-10-29/h2,4-7,14-16,32H,3,8-13,17-18H2,1H3,(H2,28,31). The van der Waals surface area contributed by atoms with Gasteiger partial charge in [0, 0.05) is 43.4 Å². The van der Waals surface area contributed by atoms with Crippen LogP contribution in [0, 0.1) is 6.92 Å². The summed E-state index contributed by atoms with van der Waals surface area (Å²) >= 11 is 0. The Hall–Kier alpha value is -3.20. The van der Waals surface area contributed by atoms with Gasteiger partial charge in [-0.15, -0.1) is 0 Å². The molecule has 8 nitrogen and oxygen atoms in total. The van der Waals surface area contributed by atoms with E-state index in [1.54, 1.807) is 30.3 Å².